The summed E-state index contributed by atoms with van der Waals surface area (Å²) in [5.41, 5.74) is 0.767. The molecule has 4 nitrogen and oxygen atoms in total. The number of aliphatic imine (C=N–C) groups is 1. The van der Waals surface area contributed by atoms with Gasteiger partial charge < -0.3 is 4.74 Å². The van der Waals surface area contributed by atoms with Crippen molar-refractivity contribution in [3.63, 3.8) is 0 Å². The summed E-state index contributed by atoms with van der Waals surface area (Å²) < 4.78 is 5.35. The van der Waals surface area contributed by atoms with Crippen LogP contribution in [0.1, 0.15) is 0 Å². The molecule has 88 valence electrons. The van der Waals surface area contributed by atoms with E-state index < -0.39 is 0 Å². The van der Waals surface area contributed by atoms with Crippen LogP contribution in [0, 0.1) is 11.5 Å². The molecular weight excluding hydrogens is 234 g/mol. The van der Waals surface area contributed by atoms with Crippen molar-refractivity contribution in [2.45, 2.75) is 0 Å². The molecule has 0 bridgehead atoms. The molecule has 0 spiro atoms. The fourth-order valence-electron chi connectivity index (χ4n) is 1.06. The second-order valence-corrected chi connectivity index (χ2v) is 3.75. The minimum absolute atomic E-state index is 0.481. The van der Waals surface area contributed by atoms with E-state index in [1.807, 2.05) is 36.7 Å². The lowest BCUT2D eigenvalue weighted by molar-refractivity contribution is 0.363. The van der Waals surface area contributed by atoms with Gasteiger partial charge in [0, 0.05) is 0 Å². The molecule has 5 heteroatoms. The molecule has 0 amide bonds. The van der Waals surface area contributed by atoms with E-state index in [1.165, 1.54) is 11.8 Å². The molecule has 0 aliphatic heterocycles. The number of nitrogens with zero attached hydrogens (tertiary/aromatic N) is 2. The second kappa shape index (κ2) is 7.36. The number of ether oxygens (including phenoxy) is 1. The molecule has 0 fully saturated rings. The van der Waals surface area contributed by atoms with E-state index in [1.54, 1.807) is 6.08 Å². The average Bonchev–Trinajstić information content (AvgIpc) is 2.37. The lowest BCUT2D eigenvalue weighted by atomic mass is 10.3. The Hall–Kier alpha value is -1.93. The first-order valence-corrected chi connectivity index (χ1v) is 6.14. The van der Waals surface area contributed by atoms with Crippen LogP contribution in [0.5, 0.6) is 5.75 Å². The molecule has 1 rings (SSSR count). The van der Waals surface area contributed by atoms with Crippen LogP contribution in [-0.4, -0.2) is 18.0 Å². The van der Waals surface area contributed by atoms with E-state index in [2.05, 4.69) is 16.9 Å². The molecule has 1 aromatic carbocycles. The summed E-state index contributed by atoms with van der Waals surface area (Å²) in [6.07, 6.45) is 5.38. The van der Waals surface area contributed by atoms with Crippen LogP contribution in [0.2, 0.25) is 0 Å². The standard InChI is InChI=1S/C12H13N3OS/c1-3-8-16-11-6-4-10(5-7-11)15-12(17-2)14-9-13/h3-7H,1,8H2,2H3,(H,14,15). The van der Waals surface area contributed by atoms with Crippen molar-refractivity contribution >= 4 is 22.6 Å². The van der Waals surface area contributed by atoms with Gasteiger partial charge in [-0.3, -0.25) is 5.32 Å². The van der Waals surface area contributed by atoms with Crippen LogP contribution in [-0.2, 0) is 0 Å². The molecule has 0 saturated heterocycles. The van der Waals surface area contributed by atoms with Gasteiger partial charge in [0.15, 0.2) is 11.4 Å². The van der Waals surface area contributed by atoms with Crippen molar-refractivity contribution in [3.8, 4) is 11.9 Å². The molecule has 17 heavy (non-hydrogen) atoms. The van der Waals surface area contributed by atoms with Crippen molar-refractivity contribution in [3.05, 3.63) is 36.9 Å². The van der Waals surface area contributed by atoms with E-state index in [4.69, 9.17) is 10.00 Å². The van der Waals surface area contributed by atoms with Crippen LogP contribution in [0.4, 0.5) is 5.69 Å². The summed E-state index contributed by atoms with van der Waals surface area (Å²) in [5, 5.41) is 11.6. The summed E-state index contributed by atoms with van der Waals surface area (Å²) in [6, 6.07) is 7.31. The number of amidine groups is 1. The average molecular weight is 247 g/mol. The zero-order valence-electron chi connectivity index (χ0n) is 9.51. The Morgan fingerprint density at radius 3 is 2.82 bits per heavy atom. The predicted molar refractivity (Wildman–Crippen MR) is 71.5 cm³/mol. The van der Waals surface area contributed by atoms with E-state index in [0.717, 1.165) is 11.4 Å². The second-order valence-electron chi connectivity index (χ2n) is 2.95. The Morgan fingerprint density at radius 2 is 2.29 bits per heavy atom. The number of hydrogen-bond acceptors (Lipinski definition) is 4. The van der Waals surface area contributed by atoms with Gasteiger partial charge in [0.25, 0.3) is 0 Å². The number of hydrogen-bond donors (Lipinski definition) is 1. The molecule has 1 aromatic rings. The molecule has 0 aliphatic carbocycles. The van der Waals surface area contributed by atoms with Gasteiger partial charge in [-0.1, -0.05) is 24.4 Å². The SMILES string of the molecule is C=CCOc1ccc(N=C(NC#N)SC)cc1. The van der Waals surface area contributed by atoms with E-state index >= 15 is 0 Å². The van der Waals surface area contributed by atoms with Crippen LogP contribution in [0.25, 0.3) is 0 Å². The first-order valence-electron chi connectivity index (χ1n) is 4.91. The quantitative estimate of drug-likeness (QED) is 0.292. The van der Waals surface area contributed by atoms with E-state index in [9.17, 15) is 0 Å². The zero-order valence-corrected chi connectivity index (χ0v) is 10.3. The van der Waals surface area contributed by atoms with Gasteiger partial charge in [0.1, 0.15) is 12.4 Å². The number of nitriles is 1. The highest BCUT2D eigenvalue weighted by Gasteiger charge is 1.97. The van der Waals surface area contributed by atoms with Gasteiger partial charge >= 0.3 is 0 Å². The summed E-state index contributed by atoms with van der Waals surface area (Å²) in [4.78, 5) is 4.26. The number of thioether (sulfide) groups is 1. The van der Waals surface area contributed by atoms with Crippen LogP contribution >= 0.6 is 11.8 Å². The highest BCUT2D eigenvalue weighted by Crippen LogP contribution is 2.19. The Kier molecular flexibility index (Phi) is 5.69. The van der Waals surface area contributed by atoms with Crippen molar-refractivity contribution in [2.24, 2.45) is 4.99 Å². The lowest BCUT2D eigenvalue weighted by Crippen LogP contribution is -2.12. The number of benzene rings is 1. The smallest absolute Gasteiger partial charge is 0.183 e. The molecule has 0 saturated carbocycles. The highest BCUT2D eigenvalue weighted by molar-refractivity contribution is 8.13. The third-order valence-corrected chi connectivity index (χ3v) is 2.37. The fraction of sp³-hybridized carbons (Fsp3) is 0.167. The van der Waals surface area contributed by atoms with Crippen LogP contribution in [0.15, 0.2) is 41.9 Å². The normalized spacial score (nSPS) is 10.5. The Balaban J connectivity index is 2.73. The first kappa shape index (κ1) is 13.1. The van der Waals surface area contributed by atoms with E-state index in [0.29, 0.717) is 11.8 Å². The van der Waals surface area contributed by atoms with Gasteiger partial charge in [0.05, 0.1) is 5.69 Å². The van der Waals surface area contributed by atoms with Gasteiger partial charge in [-0.05, 0) is 30.5 Å². The summed E-state index contributed by atoms with van der Waals surface area (Å²) in [7, 11) is 0. The first-order chi connectivity index (χ1) is 8.30. The van der Waals surface area contributed by atoms with Gasteiger partial charge in [-0.15, -0.1) is 0 Å². The highest BCUT2D eigenvalue weighted by atomic mass is 32.2. The fourth-order valence-corrected chi connectivity index (χ4v) is 1.41. The Morgan fingerprint density at radius 1 is 1.59 bits per heavy atom. The van der Waals surface area contributed by atoms with Gasteiger partial charge in [-0.25, -0.2) is 4.99 Å². The summed E-state index contributed by atoms with van der Waals surface area (Å²) >= 11 is 1.38. The van der Waals surface area contributed by atoms with Crippen molar-refractivity contribution in [1.29, 1.82) is 5.26 Å². The van der Waals surface area contributed by atoms with Crippen molar-refractivity contribution in [2.75, 3.05) is 12.9 Å². The van der Waals surface area contributed by atoms with E-state index in [-0.39, 0.29) is 0 Å². The maximum absolute atomic E-state index is 8.50. The third kappa shape index (κ3) is 4.62. The molecular formula is C12H13N3OS. The number of rotatable bonds is 4. The molecule has 0 aliphatic rings. The van der Waals surface area contributed by atoms with Crippen LogP contribution in [0.3, 0.4) is 0 Å². The Labute approximate surface area is 105 Å². The Bertz CT molecular complexity index is 434. The van der Waals surface area contributed by atoms with Crippen molar-refractivity contribution < 1.29 is 4.74 Å². The van der Waals surface area contributed by atoms with Gasteiger partial charge in [-0.2, -0.15) is 5.26 Å². The lowest BCUT2D eigenvalue weighted by Gasteiger charge is -2.03. The summed E-state index contributed by atoms with van der Waals surface area (Å²) in [6.45, 7) is 4.06. The molecule has 0 heterocycles. The summed E-state index contributed by atoms with van der Waals surface area (Å²) in [5.74, 6) is 0.766. The molecule has 0 atom stereocenters. The monoisotopic (exact) mass is 247 g/mol. The minimum Gasteiger partial charge on any atom is -0.490 e. The maximum atomic E-state index is 8.50. The largest absolute Gasteiger partial charge is 0.490 e. The predicted octanol–water partition coefficient (Wildman–Crippen LogP) is 2.67. The molecule has 1 N–H and O–H groups in total. The molecule has 0 aromatic heterocycles. The third-order valence-electron chi connectivity index (χ3n) is 1.79. The molecule has 0 radical (unpaired) electrons. The van der Waals surface area contributed by atoms with Gasteiger partial charge in [0.2, 0.25) is 0 Å². The zero-order chi connectivity index (χ0) is 12.5. The minimum atomic E-state index is 0.481. The molecule has 0 unspecified atom stereocenters. The number of nitrogens with one attached hydrogen (secondary N) is 1. The van der Waals surface area contributed by atoms with Crippen LogP contribution < -0.4 is 10.1 Å². The maximum Gasteiger partial charge on any atom is 0.183 e. The van der Waals surface area contributed by atoms with Crippen molar-refractivity contribution in [1.82, 2.24) is 5.32 Å². The topological polar surface area (TPSA) is 57.4 Å².